The van der Waals surface area contributed by atoms with Crippen molar-refractivity contribution in [2.75, 3.05) is 7.05 Å². The molecule has 1 heterocycles. The van der Waals surface area contributed by atoms with Crippen LogP contribution in [0.1, 0.15) is 103 Å². The van der Waals surface area contributed by atoms with Gasteiger partial charge in [-0.3, -0.25) is 0 Å². The molecular weight excluding hydrogens is 326 g/mol. The Morgan fingerprint density at radius 1 is 0.808 bits per heavy atom. The summed E-state index contributed by atoms with van der Waals surface area (Å²) < 4.78 is 12.3. The lowest BCUT2D eigenvalue weighted by Crippen LogP contribution is -2.54. The van der Waals surface area contributed by atoms with Gasteiger partial charge in [-0.1, -0.05) is 77.0 Å². The van der Waals surface area contributed by atoms with Gasteiger partial charge in [0.1, 0.15) is 6.10 Å². The number of likely N-dealkylation sites (N-methyl/N-ethyl adjacent to an activating group) is 1. The molecular formula is C22H43NO3. The van der Waals surface area contributed by atoms with Crippen LogP contribution >= 0.6 is 0 Å². The van der Waals surface area contributed by atoms with Crippen molar-refractivity contribution in [1.29, 1.82) is 0 Å². The highest BCUT2D eigenvalue weighted by atomic mass is 16.7. The minimum Gasteiger partial charge on any atom is -0.386 e. The molecule has 2 rings (SSSR count). The van der Waals surface area contributed by atoms with Crippen LogP contribution in [0.25, 0.3) is 0 Å². The molecule has 1 saturated heterocycles. The molecule has 2 aliphatic rings. The molecule has 3 unspecified atom stereocenters. The fraction of sp³-hybridized carbons (Fsp3) is 1.00. The fourth-order valence-corrected chi connectivity index (χ4v) is 4.43. The van der Waals surface area contributed by atoms with Crippen molar-refractivity contribution in [3.63, 3.8) is 0 Å². The third-order valence-corrected chi connectivity index (χ3v) is 6.14. The molecule has 2 fully saturated rings. The van der Waals surface area contributed by atoms with Gasteiger partial charge in [0.05, 0.1) is 12.2 Å². The average Bonchev–Trinajstić information content (AvgIpc) is 2.64. The smallest absolute Gasteiger partial charge is 0.185 e. The molecule has 0 aromatic rings. The summed E-state index contributed by atoms with van der Waals surface area (Å²) in [6, 6.07) is 0.0611. The van der Waals surface area contributed by atoms with Crippen molar-refractivity contribution in [2.24, 2.45) is 0 Å². The lowest BCUT2D eigenvalue weighted by molar-refractivity contribution is -0.261. The predicted octanol–water partition coefficient (Wildman–Crippen LogP) is 4.93. The summed E-state index contributed by atoms with van der Waals surface area (Å²) in [4.78, 5) is 0. The Bertz CT molecular complexity index is 336. The normalized spacial score (nSPS) is 34.7. The van der Waals surface area contributed by atoms with Crippen LogP contribution in [0.15, 0.2) is 0 Å². The zero-order chi connectivity index (χ0) is 18.6. The number of aliphatic hydroxyl groups excluding tert-OH is 1. The van der Waals surface area contributed by atoms with Gasteiger partial charge in [0.25, 0.3) is 0 Å². The molecule has 0 amide bonds. The fourth-order valence-electron chi connectivity index (χ4n) is 4.43. The molecule has 4 heteroatoms. The molecule has 1 aliphatic heterocycles. The van der Waals surface area contributed by atoms with Crippen LogP contribution < -0.4 is 5.32 Å². The van der Waals surface area contributed by atoms with Gasteiger partial charge in [0.15, 0.2) is 6.29 Å². The van der Waals surface area contributed by atoms with Crippen LogP contribution in [0.5, 0.6) is 0 Å². The van der Waals surface area contributed by atoms with Gasteiger partial charge < -0.3 is 19.9 Å². The van der Waals surface area contributed by atoms with Crippen LogP contribution in [0, 0.1) is 0 Å². The standard InChI is InChI=1S/C22H43NO3/c1-18-17-20(23-2)21(24)22(25-18)26-19-15-13-11-9-7-5-3-4-6-8-10-12-14-16-19/h18-24H,3-17H2,1-2H3/t18?,20?,21?,22-/m0/s1. The van der Waals surface area contributed by atoms with Gasteiger partial charge in [0.2, 0.25) is 0 Å². The molecule has 1 aliphatic carbocycles. The van der Waals surface area contributed by atoms with E-state index in [1.54, 1.807) is 0 Å². The number of hydrogen-bond donors (Lipinski definition) is 2. The summed E-state index contributed by atoms with van der Waals surface area (Å²) in [6.45, 7) is 2.07. The minimum atomic E-state index is -0.576. The van der Waals surface area contributed by atoms with Crippen LogP contribution in [0.3, 0.4) is 0 Å². The molecule has 0 radical (unpaired) electrons. The summed E-state index contributed by atoms with van der Waals surface area (Å²) in [5.74, 6) is 0. The zero-order valence-corrected chi connectivity index (χ0v) is 17.3. The van der Waals surface area contributed by atoms with Gasteiger partial charge in [0, 0.05) is 6.04 Å². The van der Waals surface area contributed by atoms with E-state index < -0.39 is 12.4 Å². The van der Waals surface area contributed by atoms with E-state index in [9.17, 15) is 5.11 Å². The first-order valence-corrected chi connectivity index (χ1v) is 11.4. The van der Waals surface area contributed by atoms with Crippen LogP contribution in [0.4, 0.5) is 0 Å². The van der Waals surface area contributed by atoms with E-state index in [1.165, 1.54) is 77.0 Å². The Labute approximate surface area is 161 Å². The first-order valence-electron chi connectivity index (χ1n) is 11.4. The van der Waals surface area contributed by atoms with Gasteiger partial charge in [-0.05, 0) is 33.2 Å². The highest BCUT2D eigenvalue weighted by Gasteiger charge is 2.37. The Balaban J connectivity index is 1.83. The predicted molar refractivity (Wildman–Crippen MR) is 107 cm³/mol. The van der Waals surface area contributed by atoms with Crippen LogP contribution in [-0.2, 0) is 9.47 Å². The molecule has 1 saturated carbocycles. The molecule has 26 heavy (non-hydrogen) atoms. The maximum absolute atomic E-state index is 10.6. The number of nitrogens with one attached hydrogen (secondary N) is 1. The highest BCUT2D eigenvalue weighted by molar-refractivity contribution is 4.85. The molecule has 0 bridgehead atoms. The second-order valence-corrected chi connectivity index (χ2v) is 8.51. The van der Waals surface area contributed by atoms with E-state index in [-0.39, 0.29) is 18.2 Å². The van der Waals surface area contributed by atoms with Crippen molar-refractivity contribution in [3.05, 3.63) is 0 Å². The second kappa shape index (κ2) is 13.1. The van der Waals surface area contributed by atoms with E-state index in [0.29, 0.717) is 0 Å². The van der Waals surface area contributed by atoms with E-state index in [2.05, 4.69) is 12.2 Å². The molecule has 4 nitrogen and oxygen atoms in total. The Morgan fingerprint density at radius 2 is 1.27 bits per heavy atom. The van der Waals surface area contributed by atoms with Gasteiger partial charge in [-0.25, -0.2) is 0 Å². The first kappa shape index (κ1) is 22.1. The van der Waals surface area contributed by atoms with Crippen molar-refractivity contribution >= 4 is 0 Å². The maximum atomic E-state index is 10.6. The molecule has 0 aromatic carbocycles. The summed E-state index contributed by atoms with van der Waals surface area (Å²) in [6.07, 6.45) is 18.6. The van der Waals surface area contributed by atoms with Crippen LogP contribution in [-0.4, -0.2) is 42.8 Å². The number of aliphatic hydroxyl groups is 1. The molecule has 154 valence electrons. The monoisotopic (exact) mass is 369 g/mol. The van der Waals surface area contributed by atoms with Crippen LogP contribution in [0.2, 0.25) is 0 Å². The van der Waals surface area contributed by atoms with E-state index in [4.69, 9.17) is 9.47 Å². The van der Waals surface area contributed by atoms with Crippen molar-refractivity contribution in [1.82, 2.24) is 5.32 Å². The topological polar surface area (TPSA) is 50.7 Å². The second-order valence-electron chi connectivity index (χ2n) is 8.51. The van der Waals surface area contributed by atoms with E-state index in [0.717, 1.165) is 19.3 Å². The maximum Gasteiger partial charge on any atom is 0.185 e. The Kier molecular flexibility index (Phi) is 11.1. The number of ether oxygens (including phenoxy) is 2. The lowest BCUT2D eigenvalue weighted by Gasteiger charge is -2.39. The van der Waals surface area contributed by atoms with Gasteiger partial charge in [-0.15, -0.1) is 0 Å². The van der Waals surface area contributed by atoms with Crippen molar-refractivity contribution in [2.45, 2.75) is 134 Å². The third kappa shape index (κ3) is 8.24. The summed E-state index contributed by atoms with van der Waals surface area (Å²) in [7, 11) is 1.91. The van der Waals surface area contributed by atoms with Gasteiger partial charge in [-0.2, -0.15) is 0 Å². The third-order valence-electron chi connectivity index (χ3n) is 6.14. The highest BCUT2D eigenvalue weighted by Crippen LogP contribution is 2.25. The Hall–Kier alpha value is -0.160. The molecule has 0 aromatic heterocycles. The Morgan fingerprint density at radius 3 is 1.73 bits per heavy atom. The molecule has 0 spiro atoms. The molecule has 2 N–H and O–H groups in total. The van der Waals surface area contributed by atoms with E-state index in [1.807, 2.05) is 7.05 Å². The number of rotatable bonds is 3. The molecule has 4 atom stereocenters. The SMILES string of the molecule is CNC1CC(C)O[C@@H](OC2CCCCCCCCCCCCCC2)C1O. The summed E-state index contributed by atoms with van der Waals surface area (Å²) >= 11 is 0. The summed E-state index contributed by atoms with van der Waals surface area (Å²) in [5.41, 5.74) is 0. The van der Waals surface area contributed by atoms with E-state index >= 15 is 0 Å². The first-order chi connectivity index (χ1) is 12.7. The average molecular weight is 370 g/mol. The summed E-state index contributed by atoms with van der Waals surface area (Å²) in [5, 5.41) is 13.8. The van der Waals surface area contributed by atoms with Crippen molar-refractivity contribution in [3.8, 4) is 0 Å². The van der Waals surface area contributed by atoms with Crippen molar-refractivity contribution < 1.29 is 14.6 Å². The zero-order valence-electron chi connectivity index (χ0n) is 17.3. The largest absolute Gasteiger partial charge is 0.386 e. The quantitative estimate of drug-likeness (QED) is 0.740. The van der Waals surface area contributed by atoms with Gasteiger partial charge >= 0.3 is 0 Å². The minimum absolute atomic E-state index is 0.0611. The lowest BCUT2D eigenvalue weighted by atomic mass is 9.99. The number of hydrogen-bond acceptors (Lipinski definition) is 4.